The molecular weight excluding hydrogens is 140 g/mol. The number of hydrazone groups is 1. The Bertz CT molecular complexity index is 153. The van der Waals surface area contributed by atoms with Gasteiger partial charge in [-0.25, -0.2) is 6.34 Å². The molecule has 1 heterocycles. The minimum Gasteiger partial charge on any atom is -0.448 e. The predicted molar refractivity (Wildman–Crippen MR) is 44.5 cm³/mol. The van der Waals surface area contributed by atoms with E-state index in [1.54, 1.807) is 0 Å². The standard InChI is InChI=1S/C7H15N4/c1-6(2)10-5-8-9-11(10)7(3)4/h6-7,9H,1-4H3/q-1. The summed E-state index contributed by atoms with van der Waals surface area (Å²) in [6, 6.07) is 0.798. The summed E-state index contributed by atoms with van der Waals surface area (Å²) in [6.45, 7) is 8.41. The Morgan fingerprint density at radius 1 is 1.18 bits per heavy atom. The van der Waals surface area contributed by atoms with Crippen molar-refractivity contribution in [3.05, 3.63) is 0 Å². The van der Waals surface area contributed by atoms with Crippen LogP contribution < -0.4 is 5.53 Å². The van der Waals surface area contributed by atoms with E-state index in [1.165, 1.54) is 0 Å². The monoisotopic (exact) mass is 155 g/mol. The fraction of sp³-hybridized carbons (Fsp3) is 0.857. The molecule has 1 aliphatic heterocycles. The van der Waals surface area contributed by atoms with E-state index in [1.807, 2.05) is 10.1 Å². The Balaban J connectivity index is 2.56. The van der Waals surface area contributed by atoms with Gasteiger partial charge in [-0.15, -0.1) is 5.12 Å². The van der Waals surface area contributed by atoms with Crippen LogP contribution in [0.4, 0.5) is 0 Å². The topological polar surface area (TPSA) is 30.9 Å². The predicted octanol–water partition coefficient (Wildman–Crippen LogP) is 0.661. The Kier molecular flexibility index (Phi) is 2.34. The van der Waals surface area contributed by atoms with Crippen molar-refractivity contribution in [2.45, 2.75) is 39.8 Å². The first-order valence-electron chi connectivity index (χ1n) is 3.92. The highest BCUT2D eigenvalue weighted by molar-refractivity contribution is 5.55. The van der Waals surface area contributed by atoms with E-state index in [-0.39, 0.29) is 0 Å². The molecule has 11 heavy (non-hydrogen) atoms. The maximum atomic E-state index is 3.84. The number of nitrogens with one attached hydrogen (secondary N) is 1. The van der Waals surface area contributed by atoms with E-state index in [4.69, 9.17) is 0 Å². The van der Waals surface area contributed by atoms with Crippen LogP contribution in [-0.2, 0) is 0 Å². The molecular formula is C7H15N4-. The quantitative estimate of drug-likeness (QED) is 0.594. The lowest BCUT2D eigenvalue weighted by atomic mass is 10.4. The van der Waals surface area contributed by atoms with Crippen LogP contribution in [0.2, 0.25) is 0 Å². The normalized spacial score (nSPS) is 18.5. The zero-order valence-corrected chi connectivity index (χ0v) is 7.50. The number of hydrogen-bond acceptors (Lipinski definition) is 4. The van der Waals surface area contributed by atoms with Crippen molar-refractivity contribution in [2.75, 3.05) is 0 Å². The Morgan fingerprint density at radius 2 is 1.82 bits per heavy atom. The van der Waals surface area contributed by atoms with E-state index in [0.717, 1.165) is 0 Å². The van der Waals surface area contributed by atoms with Crippen molar-refractivity contribution >= 4 is 6.34 Å². The van der Waals surface area contributed by atoms with Crippen LogP contribution in [0.5, 0.6) is 0 Å². The molecule has 0 radical (unpaired) electrons. The summed E-state index contributed by atoms with van der Waals surface area (Å²) in [6.07, 6.45) is 2.86. The molecule has 4 nitrogen and oxygen atoms in total. The first-order chi connectivity index (χ1) is 5.13. The van der Waals surface area contributed by atoms with Crippen LogP contribution in [0.25, 0.3) is 0 Å². The van der Waals surface area contributed by atoms with Gasteiger partial charge >= 0.3 is 0 Å². The molecule has 1 rings (SSSR count). The highest BCUT2D eigenvalue weighted by Gasteiger charge is 2.13. The van der Waals surface area contributed by atoms with E-state index in [9.17, 15) is 0 Å². The third-order valence-electron chi connectivity index (χ3n) is 1.52. The van der Waals surface area contributed by atoms with Gasteiger partial charge in [0.05, 0.1) is 0 Å². The SMILES string of the molecule is CC(C)N1[C-]=NNN1C(C)C. The minimum atomic E-state index is 0.399. The third-order valence-corrected chi connectivity index (χ3v) is 1.52. The Hall–Kier alpha value is -0.770. The average molecular weight is 155 g/mol. The van der Waals surface area contributed by atoms with E-state index in [2.05, 4.69) is 44.7 Å². The molecule has 1 aliphatic rings. The lowest BCUT2D eigenvalue weighted by Gasteiger charge is -2.41. The minimum absolute atomic E-state index is 0.399. The van der Waals surface area contributed by atoms with Crippen LogP contribution >= 0.6 is 0 Å². The first kappa shape index (κ1) is 8.33. The lowest BCUT2D eigenvalue weighted by molar-refractivity contribution is -0.0330. The second-order valence-corrected chi connectivity index (χ2v) is 3.19. The molecule has 0 bridgehead atoms. The third kappa shape index (κ3) is 1.63. The molecule has 0 amide bonds. The second kappa shape index (κ2) is 3.09. The Labute approximate surface area is 67.8 Å². The van der Waals surface area contributed by atoms with E-state index >= 15 is 0 Å². The van der Waals surface area contributed by atoms with Gasteiger partial charge in [-0.1, -0.05) is 0 Å². The number of hydrogen-bond donors (Lipinski definition) is 1. The number of nitrogens with zero attached hydrogens (tertiary/aromatic N) is 3. The molecule has 4 heteroatoms. The zero-order chi connectivity index (χ0) is 8.43. The molecule has 0 unspecified atom stereocenters. The molecule has 0 aromatic heterocycles. The smallest absolute Gasteiger partial charge is 0.0431 e. The summed E-state index contributed by atoms with van der Waals surface area (Å²) in [5.74, 6) is 0. The fourth-order valence-corrected chi connectivity index (χ4v) is 0.950. The lowest BCUT2D eigenvalue weighted by Crippen LogP contribution is -2.50. The largest absolute Gasteiger partial charge is 0.448 e. The van der Waals surface area contributed by atoms with E-state index < -0.39 is 0 Å². The van der Waals surface area contributed by atoms with Gasteiger partial charge in [0.25, 0.3) is 0 Å². The molecule has 0 fully saturated rings. The van der Waals surface area contributed by atoms with Crippen LogP contribution in [0.15, 0.2) is 5.10 Å². The maximum Gasteiger partial charge on any atom is 0.0431 e. The molecule has 0 aromatic rings. The molecule has 0 atom stereocenters. The summed E-state index contributed by atoms with van der Waals surface area (Å²) >= 11 is 0. The van der Waals surface area contributed by atoms with Crippen molar-refractivity contribution in [1.29, 1.82) is 0 Å². The van der Waals surface area contributed by atoms with Crippen LogP contribution in [-0.4, -0.2) is 28.5 Å². The highest BCUT2D eigenvalue weighted by atomic mass is 15.9. The number of rotatable bonds is 2. The van der Waals surface area contributed by atoms with Crippen molar-refractivity contribution < 1.29 is 0 Å². The van der Waals surface area contributed by atoms with Gasteiger partial charge in [0.2, 0.25) is 0 Å². The zero-order valence-electron chi connectivity index (χ0n) is 7.50. The highest BCUT2D eigenvalue weighted by Crippen LogP contribution is 2.07. The molecule has 0 spiro atoms. The fourth-order valence-electron chi connectivity index (χ4n) is 0.950. The van der Waals surface area contributed by atoms with Crippen LogP contribution in [0.3, 0.4) is 0 Å². The summed E-state index contributed by atoms with van der Waals surface area (Å²) in [7, 11) is 0. The first-order valence-corrected chi connectivity index (χ1v) is 3.92. The van der Waals surface area contributed by atoms with Gasteiger partial charge in [-0.2, -0.15) is 0 Å². The molecule has 1 N–H and O–H groups in total. The van der Waals surface area contributed by atoms with Gasteiger partial charge < -0.3 is 10.1 Å². The molecule has 0 saturated heterocycles. The summed E-state index contributed by atoms with van der Waals surface area (Å²) in [5.41, 5.74) is 2.86. The van der Waals surface area contributed by atoms with Crippen molar-refractivity contribution in [1.82, 2.24) is 15.7 Å². The van der Waals surface area contributed by atoms with Crippen LogP contribution in [0.1, 0.15) is 27.7 Å². The molecule has 0 saturated carbocycles. The summed E-state index contributed by atoms with van der Waals surface area (Å²) in [4.78, 5) is 0. The van der Waals surface area contributed by atoms with Gasteiger partial charge in [0.15, 0.2) is 0 Å². The van der Waals surface area contributed by atoms with Gasteiger partial charge in [-0.3, -0.25) is 5.53 Å². The van der Waals surface area contributed by atoms with E-state index in [0.29, 0.717) is 12.1 Å². The average Bonchev–Trinajstić information content (AvgIpc) is 2.32. The van der Waals surface area contributed by atoms with Gasteiger partial charge in [0, 0.05) is 12.1 Å². The van der Waals surface area contributed by atoms with Crippen molar-refractivity contribution in [3.63, 3.8) is 0 Å². The molecule has 0 aromatic carbocycles. The summed E-state index contributed by atoms with van der Waals surface area (Å²) in [5, 5.41) is 7.74. The van der Waals surface area contributed by atoms with Crippen LogP contribution in [0, 0.1) is 0 Å². The second-order valence-electron chi connectivity index (χ2n) is 3.19. The van der Waals surface area contributed by atoms with Crippen molar-refractivity contribution in [2.24, 2.45) is 5.10 Å². The number of hydrazine groups is 2. The van der Waals surface area contributed by atoms with Gasteiger partial charge in [0.1, 0.15) is 0 Å². The van der Waals surface area contributed by atoms with Gasteiger partial charge in [-0.05, 0) is 27.7 Å². The summed E-state index contributed by atoms with van der Waals surface area (Å²) < 4.78 is 0. The molecule has 0 aliphatic carbocycles. The Morgan fingerprint density at radius 3 is 2.18 bits per heavy atom. The van der Waals surface area contributed by atoms with Crippen molar-refractivity contribution in [3.8, 4) is 0 Å². The maximum absolute atomic E-state index is 3.84. The molecule has 64 valence electrons.